The molecular formula is C20H26Ge. The Morgan fingerprint density at radius 1 is 0.857 bits per heavy atom. The van der Waals surface area contributed by atoms with Crippen LogP contribution >= 0.6 is 0 Å². The first-order valence-electron chi connectivity index (χ1n) is 7.93. The van der Waals surface area contributed by atoms with Crippen LogP contribution in [-0.2, 0) is 6.42 Å². The number of hydrogen-bond donors (Lipinski definition) is 0. The fraction of sp³-hybridized carbons (Fsp3) is 0.400. The van der Waals surface area contributed by atoms with Gasteiger partial charge in [-0.05, 0) is 0 Å². The van der Waals surface area contributed by atoms with Gasteiger partial charge in [-0.25, -0.2) is 0 Å². The molecule has 0 saturated carbocycles. The third-order valence-corrected chi connectivity index (χ3v) is 12.1. The average molecular weight is 339 g/mol. The third-order valence-electron chi connectivity index (χ3n) is 4.63. The summed E-state index contributed by atoms with van der Waals surface area (Å²) in [5.74, 6) is 5.07. The minimum absolute atomic E-state index is 0.347. The molecule has 2 aromatic carbocycles. The van der Waals surface area contributed by atoms with Gasteiger partial charge in [0.2, 0.25) is 0 Å². The van der Waals surface area contributed by atoms with Crippen LogP contribution in [0.5, 0.6) is 0 Å². The zero-order chi connectivity index (χ0) is 15.4. The van der Waals surface area contributed by atoms with Crippen LogP contribution in [0.2, 0.25) is 11.5 Å². The quantitative estimate of drug-likeness (QED) is 0.676. The SMILES string of the molecule is Cc1ccc2[c](c1)[Ge]([CH3])([CH3])[c]1ccc(CC(C)(C)C)cc1-2. The second-order valence-corrected chi connectivity index (χ2v) is 17.4. The van der Waals surface area contributed by atoms with E-state index < -0.39 is 13.3 Å². The van der Waals surface area contributed by atoms with Crippen LogP contribution in [0.1, 0.15) is 31.9 Å². The van der Waals surface area contributed by atoms with Gasteiger partial charge in [-0.3, -0.25) is 0 Å². The number of rotatable bonds is 1. The first-order valence-corrected chi connectivity index (χ1v) is 14.2. The Hall–Kier alpha value is -1.02. The summed E-state index contributed by atoms with van der Waals surface area (Å²) in [6, 6.07) is 14.3. The maximum atomic E-state index is 2.54. The molecule has 1 heteroatoms. The molecule has 2 aromatic rings. The van der Waals surface area contributed by atoms with E-state index in [9.17, 15) is 0 Å². The van der Waals surface area contributed by atoms with Crippen molar-refractivity contribution < 1.29 is 0 Å². The van der Waals surface area contributed by atoms with E-state index >= 15 is 0 Å². The van der Waals surface area contributed by atoms with E-state index in [0.29, 0.717) is 5.41 Å². The Bertz CT molecular complexity index is 702. The Morgan fingerprint density at radius 2 is 1.57 bits per heavy atom. The van der Waals surface area contributed by atoms with Gasteiger partial charge in [0, 0.05) is 0 Å². The summed E-state index contributed by atoms with van der Waals surface area (Å²) >= 11 is -2.06. The summed E-state index contributed by atoms with van der Waals surface area (Å²) in [6.45, 7) is 9.17. The monoisotopic (exact) mass is 340 g/mol. The van der Waals surface area contributed by atoms with E-state index in [1.165, 1.54) is 22.3 Å². The molecule has 0 saturated heterocycles. The van der Waals surface area contributed by atoms with Crippen LogP contribution in [0, 0.1) is 12.3 Å². The van der Waals surface area contributed by atoms with E-state index in [4.69, 9.17) is 0 Å². The van der Waals surface area contributed by atoms with Crippen LogP contribution in [0.15, 0.2) is 36.4 Å². The van der Waals surface area contributed by atoms with Crippen LogP contribution in [0.4, 0.5) is 0 Å². The van der Waals surface area contributed by atoms with Crippen molar-refractivity contribution in [3.05, 3.63) is 47.5 Å². The van der Waals surface area contributed by atoms with E-state index in [-0.39, 0.29) is 0 Å². The fourth-order valence-corrected chi connectivity index (χ4v) is 10.2. The molecule has 0 nitrogen and oxygen atoms in total. The van der Waals surface area contributed by atoms with Crippen molar-refractivity contribution in [3.8, 4) is 11.1 Å². The van der Waals surface area contributed by atoms with E-state index in [0.717, 1.165) is 6.42 Å². The minimum atomic E-state index is -2.06. The number of aryl methyl sites for hydroxylation is 1. The van der Waals surface area contributed by atoms with Gasteiger partial charge in [-0.2, -0.15) is 0 Å². The Labute approximate surface area is 132 Å². The number of hydrogen-bond acceptors (Lipinski definition) is 0. The summed E-state index contributed by atoms with van der Waals surface area (Å²) < 4.78 is 3.33. The topological polar surface area (TPSA) is 0 Å². The molecule has 1 aliphatic heterocycles. The predicted octanol–water partition coefficient (Wildman–Crippen LogP) is 4.39. The molecule has 3 rings (SSSR count). The van der Waals surface area contributed by atoms with Gasteiger partial charge in [-0.15, -0.1) is 0 Å². The van der Waals surface area contributed by atoms with Gasteiger partial charge in [0.1, 0.15) is 0 Å². The van der Waals surface area contributed by atoms with Crippen LogP contribution in [-0.4, -0.2) is 13.3 Å². The van der Waals surface area contributed by atoms with Gasteiger partial charge in [0.25, 0.3) is 0 Å². The zero-order valence-electron chi connectivity index (χ0n) is 14.2. The summed E-state index contributed by atoms with van der Waals surface area (Å²) in [5.41, 5.74) is 6.26. The molecule has 0 aromatic heterocycles. The molecule has 0 spiro atoms. The van der Waals surface area contributed by atoms with Gasteiger partial charge in [0.05, 0.1) is 0 Å². The average Bonchev–Trinajstić information content (AvgIpc) is 2.56. The Balaban J connectivity index is 2.16. The van der Waals surface area contributed by atoms with Gasteiger partial charge >= 0.3 is 132 Å². The van der Waals surface area contributed by atoms with Crippen molar-refractivity contribution in [1.82, 2.24) is 0 Å². The van der Waals surface area contributed by atoms with Gasteiger partial charge in [-0.1, -0.05) is 0 Å². The third kappa shape index (κ3) is 2.59. The Kier molecular flexibility index (Phi) is 3.36. The van der Waals surface area contributed by atoms with Gasteiger partial charge < -0.3 is 0 Å². The summed E-state index contributed by atoms with van der Waals surface area (Å²) in [7, 11) is 0. The second kappa shape index (κ2) is 4.74. The molecule has 1 heterocycles. The van der Waals surface area contributed by atoms with Crippen molar-refractivity contribution in [2.75, 3.05) is 0 Å². The molecule has 0 amide bonds. The number of benzene rings is 2. The molecule has 0 aliphatic carbocycles. The molecule has 1 aliphatic rings. The predicted molar refractivity (Wildman–Crippen MR) is 96.5 cm³/mol. The first-order chi connectivity index (χ1) is 9.68. The molecule has 110 valence electrons. The molecule has 0 fully saturated rings. The summed E-state index contributed by atoms with van der Waals surface area (Å²) in [4.78, 5) is 0. The van der Waals surface area contributed by atoms with Crippen molar-refractivity contribution in [2.24, 2.45) is 5.41 Å². The van der Waals surface area contributed by atoms with Crippen LogP contribution in [0.3, 0.4) is 0 Å². The normalized spacial score (nSPS) is 15.7. The fourth-order valence-electron chi connectivity index (χ4n) is 3.64. The van der Waals surface area contributed by atoms with Crippen LogP contribution in [0.25, 0.3) is 11.1 Å². The van der Waals surface area contributed by atoms with Crippen LogP contribution < -0.4 is 8.79 Å². The van der Waals surface area contributed by atoms with E-state index in [2.05, 4.69) is 75.6 Å². The van der Waals surface area contributed by atoms with E-state index in [1.54, 1.807) is 8.79 Å². The molecule has 0 N–H and O–H groups in total. The van der Waals surface area contributed by atoms with Crippen molar-refractivity contribution >= 4 is 22.1 Å². The van der Waals surface area contributed by atoms with Crippen molar-refractivity contribution in [1.29, 1.82) is 0 Å². The summed E-state index contributed by atoms with van der Waals surface area (Å²) in [5, 5.41) is 0. The number of fused-ring (bicyclic) bond motifs is 3. The molecular weight excluding hydrogens is 313 g/mol. The molecule has 0 bridgehead atoms. The molecule has 0 radical (unpaired) electrons. The van der Waals surface area contributed by atoms with E-state index in [1.807, 2.05) is 0 Å². The Morgan fingerprint density at radius 3 is 2.24 bits per heavy atom. The summed E-state index contributed by atoms with van der Waals surface area (Å²) in [6.07, 6.45) is 1.15. The standard InChI is InChI=1S/C20H26Ge/c1-14-7-9-16-17-12-15(13-20(2,3)4)8-10-18(17)21(5,6)19(16)11-14/h7-12H,13H2,1-6H3. The molecule has 21 heavy (non-hydrogen) atoms. The molecule has 0 unspecified atom stereocenters. The maximum absolute atomic E-state index is 2.54. The second-order valence-electron chi connectivity index (χ2n) is 8.29. The zero-order valence-corrected chi connectivity index (χ0v) is 16.3. The molecule has 0 atom stereocenters. The van der Waals surface area contributed by atoms with Crippen molar-refractivity contribution in [3.63, 3.8) is 0 Å². The first kappa shape index (κ1) is 14.9. The van der Waals surface area contributed by atoms with Crippen molar-refractivity contribution in [2.45, 2.75) is 45.6 Å². The van der Waals surface area contributed by atoms with Gasteiger partial charge in [0.15, 0.2) is 0 Å².